The summed E-state index contributed by atoms with van der Waals surface area (Å²) in [6, 6.07) is 12.9. The minimum atomic E-state index is -0.642. The molecule has 2 heterocycles. The number of hydrogen-bond donors (Lipinski definition) is 2. The number of nitrogens with one attached hydrogen (secondary N) is 1. The van der Waals surface area contributed by atoms with Crippen molar-refractivity contribution in [2.75, 3.05) is 19.7 Å². The monoisotopic (exact) mass is 465 g/mol. The predicted molar refractivity (Wildman–Crippen MR) is 126 cm³/mol. The summed E-state index contributed by atoms with van der Waals surface area (Å²) in [6.45, 7) is 5.32. The zero-order valence-corrected chi connectivity index (χ0v) is 19.5. The van der Waals surface area contributed by atoms with E-state index in [4.69, 9.17) is 4.74 Å². The largest absolute Gasteiger partial charge is 0.489 e. The third kappa shape index (κ3) is 5.29. The van der Waals surface area contributed by atoms with Crippen molar-refractivity contribution in [1.82, 2.24) is 15.1 Å². The van der Waals surface area contributed by atoms with Crippen LogP contribution in [0.5, 0.6) is 5.75 Å². The SMILES string of the molecule is CCCN(CCO)Cc1ccc(COc2cccc3c2CN([C@H]2CCC(=O)NC2=O)C3=O)cc1. The molecular weight excluding hydrogens is 434 g/mol. The normalized spacial score (nSPS) is 17.8. The minimum Gasteiger partial charge on any atom is -0.489 e. The number of amides is 3. The minimum absolute atomic E-state index is 0.150. The summed E-state index contributed by atoms with van der Waals surface area (Å²) in [5.74, 6) is -0.302. The smallest absolute Gasteiger partial charge is 0.255 e. The number of aliphatic hydroxyl groups excluding tert-OH is 1. The Morgan fingerprint density at radius 2 is 1.85 bits per heavy atom. The molecule has 0 aromatic heterocycles. The first-order valence-electron chi connectivity index (χ1n) is 11.8. The van der Waals surface area contributed by atoms with Gasteiger partial charge in [0.25, 0.3) is 5.91 Å². The van der Waals surface area contributed by atoms with Gasteiger partial charge in [0.2, 0.25) is 11.8 Å². The number of carbonyl (C=O) groups is 3. The van der Waals surface area contributed by atoms with Gasteiger partial charge in [-0.15, -0.1) is 0 Å². The number of ether oxygens (including phenoxy) is 1. The van der Waals surface area contributed by atoms with Gasteiger partial charge in [-0.3, -0.25) is 24.6 Å². The first-order valence-corrected chi connectivity index (χ1v) is 11.8. The molecule has 0 unspecified atom stereocenters. The average Bonchev–Trinajstić information content (AvgIpc) is 3.16. The Bertz CT molecular complexity index is 1050. The van der Waals surface area contributed by atoms with Crippen molar-refractivity contribution in [3.63, 3.8) is 0 Å². The summed E-state index contributed by atoms with van der Waals surface area (Å²) in [4.78, 5) is 40.5. The molecule has 1 saturated heterocycles. The van der Waals surface area contributed by atoms with Gasteiger partial charge in [-0.1, -0.05) is 37.3 Å². The Hall–Kier alpha value is -3.23. The zero-order chi connectivity index (χ0) is 24.1. The third-order valence-electron chi connectivity index (χ3n) is 6.32. The topological polar surface area (TPSA) is 99.2 Å². The van der Waals surface area contributed by atoms with E-state index in [0.717, 1.165) is 30.6 Å². The molecule has 0 saturated carbocycles. The van der Waals surface area contributed by atoms with Crippen molar-refractivity contribution in [2.24, 2.45) is 0 Å². The summed E-state index contributed by atoms with van der Waals surface area (Å²) in [5, 5.41) is 11.6. The second-order valence-corrected chi connectivity index (χ2v) is 8.79. The number of benzene rings is 2. The quantitative estimate of drug-likeness (QED) is 0.522. The van der Waals surface area contributed by atoms with Gasteiger partial charge in [0.15, 0.2) is 0 Å². The molecule has 34 heavy (non-hydrogen) atoms. The lowest BCUT2D eigenvalue weighted by atomic mass is 10.0. The van der Waals surface area contributed by atoms with E-state index in [1.54, 1.807) is 12.1 Å². The lowest BCUT2D eigenvalue weighted by molar-refractivity contribution is -0.136. The summed E-state index contributed by atoms with van der Waals surface area (Å²) in [7, 11) is 0. The van der Waals surface area contributed by atoms with E-state index in [-0.39, 0.29) is 31.4 Å². The van der Waals surface area contributed by atoms with E-state index < -0.39 is 11.9 Å². The van der Waals surface area contributed by atoms with Gasteiger partial charge in [-0.2, -0.15) is 0 Å². The molecular formula is C26H31N3O5. The summed E-state index contributed by atoms with van der Waals surface area (Å²) in [6.07, 6.45) is 1.60. The maximum absolute atomic E-state index is 13.0. The third-order valence-corrected chi connectivity index (χ3v) is 6.32. The van der Waals surface area contributed by atoms with E-state index in [2.05, 4.69) is 29.3 Å². The van der Waals surface area contributed by atoms with E-state index in [9.17, 15) is 19.5 Å². The van der Waals surface area contributed by atoms with Crippen molar-refractivity contribution in [1.29, 1.82) is 0 Å². The Morgan fingerprint density at radius 3 is 2.56 bits per heavy atom. The van der Waals surface area contributed by atoms with Crippen LogP contribution in [0.2, 0.25) is 0 Å². The van der Waals surface area contributed by atoms with Crippen molar-refractivity contribution in [3.05, 3.63) is 64.7 Å². The van der Waals surface area contributed by atoms with Crippen LogP contribution in [0.25, 0.3) is 0 Å². The van der Waals surface area contributed by atoms with Crippen LogP contribution in [-0.2, 0) is 29.3 Å². The highest BCUT2D eigenvalue weighted by atomic mass is 16.5. The van der Waals surface area contributed by atoms with Gasteiger partial charge >= 0.3 is 0 Å². The molecule has 2 aliphatic rings. The van der Waals surface area contributed by atoms with Crippen LogP contribution < -0.4 is 10.1 Å². The van der Waals surface area contributed by atoms with Gasteiger partial charge < -0.3 is 14.7 Å². The van der Waals surface area contributed by atoms with Crippen LogP contribution in [0.15, 0.2) is 42.5 Å². The highest BCUT2D eigenvalue weighted by Crippen LogP contribution is 2.34. The molecule has 2 aromatic carbocycles. The maximum atomic E-state index is 13.0. The second-order valence-electron chi connectivity index (χ2n) is 8.79. The molecule has 4 rings (SSSR count). The molecule has 0 aliphatic carbocycles. The van der Waals surface area contributed by atoms with E-state index in [0.29, 0.717) is 30.9 Å². The van der Waals surface area contributed by atoms with Crippen molar-refractivity contribution in [2.45, 2.75) is 51.9 Å². The van der Waals surface area contributed by atoms with Gasteiger partial charge in [0, 0.05) is 30.6 Å². The number of rotatable bonds is 10. The number of aliphatic hydroxyl groups is 1. The van der Waals surface area contributed by atoms with Crippen LogP contribution in [0.1, 0.15) is 53.2 Å². The second kappa shape index (κ2) is 10.8. The zero-order valence-electron chi connectivity index (χ0n) is 19.5. The van der Waals surface area contributed by atoms with E-state index in [1.807, 2.05) is 18.2 Å². The van der Waals surface area contributed by atoms with Crippen LogP contribution in [0.4, 0.5) is 0 Å². The van der Waals surface area contributed by atoms with E-state index >= 15 is 0 Å². The lowest BCUT2D eigenvalue weighted by Gasteiger charge is -2.29. The molecule has 0 radical (unpaired) electrons. The van der Waals surface area contributed by atoms with Crippen LogP contribution in [0.3, 0.4) is 0 Å². The van der Waals surface area contributed by atoms with Gasteiger partial charge in [-0.05, 0) is 42.6 Å². The Balaban J connectivity index is 1.40. The number of fused-ring (bicyclic) bond motifs is 1. The summed E-state index contributed by atoms with van der Waals surface area (Å²) in [5.41, 5.74) is 3.50. The number of nitrogens with zero attached hydrogens (tertiary/aromatic N) is 2. The fraction of sp³-hybridized carbons (Fsp3) is 0.423. The van der Waals surface area contributed by atoms with Gasteiger partial charge in [0.05, 0.1) is 13.2 Å². The molecule has 3 amide bonds. The Kier molecular flexibility index (Phi) is 7.59. The van der Waals surface area contributed by atoms with E-state index in [1.165, 1.54) is 10.5 Å². The van der Waals surface area contributed by atoms with Gasteiger partial charge in [-0.25, -0.2) is 0 Å². The average molecular weight is 466 g/mol. The fourth-order valence-corrected chi connectivity index (χ4v) is 4.58. The highest BCUT2D eigenvalue weighted by Gasteiger charge is 2.40. The molecule has 0 spiro atoms. The lowest BCUT2D eigenvalue weighted by Crippen LogP contribution is -2.52. The molecule has 2 N–H and O–H groups in total. The maximum Gasteiger partial charge on any atom is 0.255 e. The highest BCUT2D eigenvalue weighted by molar-refractivity contribution is 6.05. The van der Waals surface area contributed by atoms with Crippen LogP contribution in [0, 0.1) is 0 Å². The predicted octanol–water partition coefficient (Wildman–Crippen LogP) is 2.23. The van der Waals surface area contributed by atoms with Crippen molar-refractivity contribution in [3.8, 4) is 5.75 Å². The number of imide groups is 1. The molecule has 8 nitrogen and oxygen atoms in total. The summed E-state index contributed by atoms with van der Waals surface area (Å²) >= 11 is 0. The molecule has 2 aliphatic heterocycles. The first-order chi connectivity index (χ1) is 16.5. The number of carbonyl (C=O) groups excluding carboxylic acids is 3. The molecule has 1 atom stereocenters. The Morgan fingerprint density at radius 1 is 1.09 bits per heavy atom. The van der Waals surface area contributed by atoms with Crippen molar-refractivity contribution >= 4 is 17.7 Å². The summed E-state index contributed by atoms with van der Waals surface area (Å²) < 4.78 is 6.08. The molecule has 8 heteroatoms. The standard InChI is InChI=1S/C26H31N3O5/c1-2-12-28(13-14-30)15-18-6-8-19(9-7-18)17-34-23-5-3-4-20-21(23)16-29(26(20)33)22-10-11-24(31)27-25(22)32/h3-9,22,30H,2,10-17H2,1H3,(H,27,31,32)/t22-/m0/s1. The number of hydrogen-bond acceptors (Lipinski definition) is 6. The molecule has 180 valence electrons. The van der Waals surface area contributed by atoms with Gasteiger partial charge in [0.1, 0.15) is 18.4 Å². The first kappa shape index (κ1) is 23.9. The van der Waals surface area contributed by atoms with Crippen LogP contribution in [-0.4, -0.2) is 58.4 Å². The fourth-order valence-electron chi connectivity index (χ4n) is 4.58. The number of piperidine rings is 1. The molecule has 0 bridgehead atoms. The molecule has 1 fully saturated rings. The Labute approximate surface area is 199 Å². The molecule has 2 aromatic rings. The van der Waals surface area contributed by atoms with Crippen LogP contribution >= 0.6 is 0 Å². The van der Waals surface area contributed by atoms with Crippen molar-refractivity contribution < 1.29 is 24.2 Å².